The van der Waals surface area contributed by atoms with E-state index in [4.69, 9.17) is 9.94 Å². The number of carbonyl (C=O) groups excluding carboxylic acids is 2. The van der Waals surface area contributed by atoms with Gasteiger partial charge in [0, 0.05) is 18.5 Å². The maximum Gasteiger partial charge on any atom is 0.254 e. The SMILES string of the molecule is CO/N=C1/C[C@@H](CNC(=O)CO)N(C(=O)c2ccc(-c3ccccc3C)cc2)C1. The molecule has 0 unspecified atom stereocenters. The Balaban J connectivity index is 1.78. The molecule has 1 heterocycles. The third-order valence-electron chi connectivity index (χ3n) is 5.01. The molecule has 2 aromatic carbocycles. The van der Waals surface area contributed by atoms with Crippen molar-refractivity contribution in [2.24, 2.45) is 5.16 Å². The van der Waals surface area contributed by atoms with Crippen LogP contribution >= 0.6 is 0 Å². The van der Waals surface area contributed by atoms with E-state index in [1.165, 1.54) is 12.7 Å². The van der Waals surface area contributed by atoms with E-state index in [-0.39, 0.29) is 18.5 Å². The second-order valence-electron chi connectivity index (χ2n) is 6.99. The molecule has 152 valence electrons. The number of nitrogens with one attached hydrogen (secondary N) is 1. The molecule has 7 heteroatoms. The first-order chi connectivity index (χ1) is 14.0. The molecule has 0 saturated carbocycles. The summed E-state index contributed by atoms with van der Waals surface area (Å²) in [5, 5.41) is 15.5. The van der Waals surface area contributed by atoms with Gasteiger partial charge in [-0.3, -0.25) is 9.59 Å². The molecule has 1 saturated heterocycles. The molecule has 0 spiro atoms. The zero-order valence-electron chi connectivity index (χ0n) is 16.6. The first-order valence-corrected chi connectivity index (χ1v) is 9.47. The molecule has 29 heavy (non-hydrogen) atoms. The van der Waals surface area contributed by atoms with Gasteiger partial charge in [0.05, 0.1) is 18.3 Å². The number of nitrogens with zero attached hydrogens (tertiary/aromatic N) is 2. The molecule has 1 aliphatic rings. The first-order valence-electron chi connectivity index (χ1n) is 9.47. The third kappa shape index (κ3) is 4.81. The van der Waals surface area contributed by atoms with Gasteiger partial charge in [0.2, 0.25) is 5.91 Å². The van der Waals surface area contributed by atoms with Crippen molar-refractivity contribution in [3.8, 4) is 11.1 Å². The molecule has 0 aliphatic carbocycles. The molecule has 1 fully saturated rings. The van der Waals surface area contributed by atoms with Gasteiger partial charge in [0.1, 0.15) is 13.7 Å². The zero-order valence-corrected chi connectivity index (χ0v) is 16.6. The number of hydrogen-bond acceptors (Lipinski definition) is 5. The molecular formula is C22H25N3O4. The Labute approximate surface area is 170 Å². The monoisotopic (exact) mass is 395 g/mol. The van der Waals surface area contributed by atoms with Crippen LogP contribution in [0.5, 0.6) is 0 Å². The van der Waals surface area contributed by atoms with Crippen LogP contribution in [0.3, 0.4) is 0 Å². The number of hydrogen-bond donors (Lipinski definition) is 2. The number of benzene rings is 2. The van der Waals surface area contributed by atoms with Gasteiger partial charge in [-0.05, 0) is 35.7 Å². The summed E-state index contributed by atoms with van der Waals surface area (Å²) in [6, 6.07) is 15.4. The number of aliphatic hydroxyl groups excluding tert-OH is 1. The largest absolute Gasteiger partial charge is 0.399 e. The van der Waals surface area contributed by atoms with Crippen LogP contribution in [0.15, 0.2) is 53.7 Å². The smallest absolute Gasteiger partial charge is 0.254 e. The van der Waals surface area contributed by atoms with Crippen LogP contribution < -0.4 is 5.32 Å². The van der Waals surface area contributed by atoms with Crippen LogP contribution in [0.25, 0.3) is 11.1 Å². The molecule has 2 amide bonds. The molecule has 2 aromatic rings. The number of likely N-dealkylation sites (tertiary alicyclic amines) is 1. The van der Waals surface area contributed by atoms with Crippen molar-refractivity contribution in [3.05, 3.63) is 59.7 Å². The summed E-state index contributed by atoms with van der Waals surface area (Å²) in [7, 11) is 1.46. The number of aliphatic hydroxyl groups is 1. The summed E-state index contributed by atoms with van der Waals surface area (Å²) in [5.74, 6) is -0.608. The predicted octanol–water partition coefficient (Wildman–Crippen LogP) is 1.99. The van der Waals surface area contributed by atoms with Gasteiger partial charge < -0.3 is 20.2 Å². The van der Waals surface area contributed by atoms with Crippen LogP contribution in [0.1, 0.15) is 22.3 Å². The molecule has 2 N–H and O–H groups in total. The summed E-state index contributed by atoms with van der Waals surface area (Å²) in [6.07, 6.45) is 0.507. The lowest BCUT2D eigenvalue weighted by atomic mass is 9.99. The number of carbonyl (C=O) groups is 2. The predicted molar refractivity (Wildman–Crippen MR) is 111 cm³/mol. The highest BCUT2D eigenvalue weighted by Crippen LogP contribution is 2.25. The molecule has 0 bridgehead atoms. The Morgan fingerprint density at radius 3 is 2.59 bits per heavy atom. The lowest BCUT2D eigenvalue weighted by Crippen LogP contribution is -2.43. The Kier molecular flexibility index (Phi) is 6.61. The van der Waals surface area contributed by atoms with Gasteiger partial charge in [0.25, 0.3) is 5.91 Å². The Bertz CT molecular complexity index is 909. The van der Waals surface area contributed by atoms with Crippen molar-refractivity contribution in [1.82, 2.24) is 10.2 Å². The van der Waals surface area contributed by atoms with E-state index in [1.54, 1.807) is 4.90 Å². The molecule has 1 aliphatic heterocycles. The highest BCUT2D eigenvalue weighted by atomic mass is 16.6. The molecule has 7 nitrogen and oxygen atoms in total. The van der Waals surface area contributed by atoms with Crippen LogP contribution in [0, 0.1) is 6.92 Å². The van der Waals surface area contributed by atoms with Gasteiger partial charge in [-0.1, -0.05) is 41.6 Å². The molecular weight excluding hydrogens is 370 g/mol. The lowest BCUT2D eigenvalue weighted by molar-refractivity contribution is -0.124. The van der Waals surface area contributed by atoms with E-state index in [1.807, 2.05) is 36.4 Å². The minimum atomic E-state index is -0.583. The number of aryl methyl sites for hydroxylation is 1. The summed E-state index contributed by atoms with van der Waals surface area (Å²) in [5.41, 5.74) is 4.66. The average Bonchev–Trinajstić information content (AvgIpc) is 3.15. The second-order valence-corrected chi connectivity index (χ2v) is 6.99. The molecule has 0 aromatic heterocycles. The maximum absolute atomic E-state index is 13.1. The summed E-state index contributed by atoms with van der Waals surface area (Å²) in [4.78, 5) is 31.0. The van der Waals surface area contributed by atoms with Crippen molar-refractivity contribution in [3.63, 3.8) is 0 Å². The molecule has 3 rings (SSSR count). The fraction of sp³-hybridized carbons (Fsp3) is 0.318. The van der Waals surface area contributed by atoms with E-state index >= 15 is 0 Å². The van der Waals surface area contributed by atoms with Gasteiger partial charge in [0.15, 0.2) is 0 Å². The van der Waals surface area contributed by atoms with Gasteiger partial charge in [-0.15, -0.1) is 0 Å². The van der Waals surface area contributed by atoms with Crippen molar-refractivity contribution < 1.29 is 19.5 Å². The topological polar surface area (TPSA) is 91.2 Å². The summed E-state index contributed by atoms with van der Waals surface area (Å²) >= 11 is 0. The first kappa shape index (κ1) is 20.5. The normalized spacial score (nSPS) is 17.4. The fourth-order valence-electron chi connectivity index (χ4n) is 3.53. The van der Waals surface area contributed by atoms with Crippen molar-refractivity contribution in [2.75, 3.05) is 26.8 Å². The number of rotatable bonds is 6. The highest BCUT2D eigenvalue weighted by molar-refractivity contribution is 6.00. The lowest BCUT2D eigenvalue weighted by Gasteiger charge is -2.24. The third-order valence-corrected chi connectivity index (χ3v) is 5.01. The highest BCUT2D eigenvalue weighted by Gasteiger charge is 2.34. The molecule has 0 radical (unpaired) electrons. The van der Waals surface area contributed by atoms with Crippen LogP contribution in [0.2, 0.25) is 0 Å². The maximum atomic E-state index is 13.1. The second kappa shape index (κ2) is 9.34. The van der Waals surface area contributed by atoms with Crippen molar-refractivity contribution in [2.45, 2.75) is 19.4 Å². The van der Waals surface area contributed by atoms with Crippen LogP contribution in [0.4, 0.5) is 0 Å². The summed E-state index contributed by atoms with van der Waals surface area (Å²) < 4.78 is 0. The van der Waals surface area contributed by atoms with Crippen molar-refractivity contribution >= 4 is 17.5 Å². The van der Waals surface area contributed by atoms with Gasteiger partial charge in [-0.25, -0.2) is 0 Å². The molecule has 1 atom stereocenters. The minimum absolute atomic E-state index is 0.133. The van der Waals surface area contributed by atoms with E-state index in [0.29, 0.717) is 18.5 Å². The summed E-state index contributed by atoms with van der Waals surface area (Å²) in [6.45, 7) is 2.06. The van der Waals surface area contributed by atoms with Crippen LogP contribution in [-0.4, -0.2) is 60.4 Å². The fourth-order valence-corrected chi connectivity index (χ4v) is 3.53. The van der Waals surface area contributed by atoms with E-state index in [9.17, 15) is 9.59 Å². The van der Waals surface area contributed by atoms with E-state index in [0.717, 1.165) is 16.8 Å². The van der Waals surface area contributed by atoms with E-state index in [2.05, 4.69) is 29.5 Å². The van der Waals surface area contributed by atoms with Gasteiger partial charge in [-0.2, -0.15) is 0 Å². The standard InChI is InChI=1S/C22H25N3O4/c1-15-5-3-4-6-20(15)16-7-9-17(10-8-16)22(28)25-13-18(24-29-2)11-19(25)12-23-21(27)14-26/h3-10,19,26H,11-14H2,1-2H3,(H,23,27)/b24-18-/t19-/m0/s1. The van der Waals surface area contributed by atoms with E-state index < -0.39 is 12.5 Å². The quantitative estimate of drug-likeness (QED) is 0.732. The Morgan fingerprint density at radius 1 is 1.21 bits per heavy atom. The van der Waals surface area contributed by atoms with Gasteiger partial charge >= 0.3 is 0 Å². The van der Waals surface area contributed by atoms with Crippen LogP contribution in [-0.2, 0) is 9.63 Å². The minimum Gasteiger partial charge on any atom is -0.399 e. The number of amides is 2. The number of oxime groups is 1. The zero-order chi connectivity index (χ0) is 20.8. The Morgan fingerprint density at radius 2 is 1.93 bits per heavy atom. The Hall–Kier alpha value is -3.19. The van der Waals surface area contributed by atoms with Crippen molar-refractivity contribution in [1.29, 1.82) is 0 Å². The average molecular weight is 395 g/mol.